The van der Waals surface area contributed by atoms with Crippen LogP contribution in [0, 0.1) is 0 Å². The Morgan fingerprint density at radius 2 is 1.57 bits per heavy atom. The maximum Gasteiger partial charge on any atom is 0.348 e. The van der Waals surface area contributed by atoms with Gasteiger partial charge in [-0.15, -0.1) is 0 Å². The molecule has 0 bridgehead atoms. The minimum absolute atomic E-state index is 0.344. The number of carbonyl (C=O) groups is 2. The van der Waals surface area contributed by atoms with Crippen LogP contribution in [0.2, 0.25) is 0 Å². The van der Waals surface area contributed by atoms with Crippen molar-refractivity contribution in [2.24, 2.45) is 0 Å². The summed E-state index contributed by atoms with van der Waals surface area (Å²) in [6.45, 7) is -0.0109. The zero-order chi connectivity index (χ0) is 20.0. The summed E-state index contributed by atoms with van der Waals surface area (Å²) < 4.78 is 5.24. The Hall–Kier alpha value is -2.96. The molecule has 0 atom stereocenters. The van der Waals surface area contributed by atoms with Crippen LogP contribution < -0.4 is 0 Å². The molecule has 0 radical (unpaired) electrons. The average Bonchev–Trinajstić information content (AvgIpc) is 3.25. The lowest BCUT2D eigenvalue weighted by atomic mass is 9.86. The lowest BCUT2D eigenvalue weighted by Crippen LogP contribution is -2.40. The summed E-state index contributed by atoms with van der Waals surface area (Å²) in [5.41, 5.74) is -0.220. The fraction of sp³-hybridized carbons (Fsp3) is 0.182. The number of carbonyl (C=O) groups excluding carboxylic acids is 2. The minimum atomic E-state index is -1.99. The number of benzene rings is 2. The molecule has 3 aromatic rings. The van der Waals surface area contributed by atoms with Crippen LogP contribution in [0.4, 0.5) is 0 Å². The summed E-state index contributed by atoms with van der Waals surface area (Å²) in [6.07, 6.45) is 0. The molecule has 0 fully saturated rings. The molecule has 2 aromatic carbocycles. The second kappa shape index (κ2) is 8.82. The Labute approximate surface area is 167 Å². The van der Waals surface area contributed by atoms with E-state index in [-0.39, 0.29) is 5.91 Å². The quantitative estimate of drug-likeness (QED) is 0.624. The lowest BCUT2D eigenvalue weighted by Gasteiger charge is -2.27. The maximum atomic E-state index is 12.9. The van der Waals surface area contributed by atoms with Gasteiger partial charge in [-0.25, -0.2) is 4.79 Å². The number of nitrogens with zero attached hydrogens (tertiary/aromatic N) is 1. The van der Waals surface area contributed by atoms with Crippen molar-refractivity contribution in [3.8, 4) is 0 Å². The van der Waals surface area contributed by atoms with Crippen LogP contribution in [0.3, 0.4) is 0 Å². The van der Waals surface area contributed by atoms with Gasteiger partial charge in [0.15, 0.2) is 6.61 Å². The van der Waals surface area contributed by atoms with E-state index in [9.17, 15) is 14.7 Å². The predicted octanol–water partition coefficient (Wildman–Crippen LogP) is 3.19. The van der Waals surface area contributed by atoms with Crippen LogP contribution >= 0.6 is 11.3 Å². The standard InChI is InChI=1S/C22H21NO4S/c1-23(14-17-12-13-28-16-17)20(24)15-27-21(25)22(26,18-8-4-2-5-9-18)19-10-6-3-7-11-19/h2-13,16,26H,14-15H2,1H3. The number of thiophene rings is 1. The molecule has 0 unspecified atom stereocenters. The van der Waals surface area contributed by atoms with Crippen molar-refractivity contribution < 1.29 is 19.4 Å². The topological polar surface area (TPSA) is 66.8 Å². The Kier molecular flexibility index (Phi) is 6.23. The highest BCUT2D eigenvalue weighted by Gasteiger charge is 2.41. The summed E-state index contributed by atoms with van der Waals surface area (Å²) in [5, 5.41) is 15.2. The number of esters is 1. The predicted molar refractivity (Wildman–Crippen MR) is 108 cm³/mol. The molecule has 0 saturated carbocycles. The Morgan fingerprint density at radius 1 is 1.00 bits per heavy atom. The van der Waals surface area contributed by atoms with Crippen molar-refractivity contribution in [1.29, 1.82) is 0 Å². The molecule has 3 rings (SSSR count). The fourth-order valence-corrected chi connectivity index (χ4v) is 3.51. The zero-order valence-electron chi connectivity index (χ0n) is 15.4. The van der Waals surface area contributed by atoms with Crippen molar-refractivity contribution in [2.75, 3.05) is 13.7 Å². The smallest absolute Gasteiger partial charge is 0.348 e. The van der Waals surface area contributed by atoms with Gasteiger partial charge in [0, 0.05) is 13.6 Å². The molecule has 28 heavy (non-hydrogen) atoms. The van der Waals surface area contributed by atoms with Crippen molar-refractivity contribution in [3.05, 3.63) is 94.2 Å². The largest absolute Gasteiger partial charge is 0.453 e. The number of aliphatic hydroxyl groups is 1. The van der Waals surface area contributed by atoms with Crippen LogP contribution in [-0.2, 0) is 26.5 Å². The average molecular weight is 395 g/mol. The van der Waals surface area contributed by atoms with Gasteiger partial charge in [-0.1, -0.05) is 60.7 Å². The molecule has 1 aromatic heterocycles. The first kappa shape index (κ1) is 19.8. The molecule has 0 spiro atoms. The summed E-state index contributed by atoms with van der Waals surface area (Å²) in [7, 11) is 1.65. The van der Waals surface area contributed by atoms with Gasteiger partial charge in [-0.2, -0.15) is 11.3 Å². The molecular weight excluding hydrogens is 374 g/mol. The molecule has 1 heterocycles. The van der Waals surface area contributed by atoms with Gasteiger partial charge in [0.25, 0.3) is 5.91 Å². The summed E-state index contributed by atoms with van der Waals surface area (Å²) >= 11 is 1.55. The van der Waals surface area contributed by atoms with Crippen molar-refractivity contribution in [2.45, 2.75) is 12.1 Å². The van der Waals surface area contributed by atoms with Crippen LogP contribution in [0.5, 0.6) is 0 Å². The molecule has 144 valence electrons. The highest BCUT2D eigenvalue weighted by atomic mass is 32.1. The fourth-order valence-electron chi connectivity index (χ4n) is 2.85. The van der Waals surface area contributed by atoms with E-state index in [2.05, 4.69) is 0 Å². The van der Waals surface area contributed by atoms with E-state index in [1.807, 2.05) is 16.8 Å². The number of ether oxygens (including phenoxy) is 1. The number of likely N-dealkylation sites (N-methyl/N-ethyl adjacent to an activating group) is 1. The van der Waals surface area contributed by atoms with Crippen LogP contribution in [0.1, 0.15) is 16.7 Å². The first-order valence-electron chi connectivity index (χ1n) is 8.77. The normalized spacial score (nSPS) is 11.1. The Balaban J connectivity index is 1.74. The van der Waals surface area contributed by atoms with Gasteiger partial charge in [0.1, 0.15) is 0 Å². The highest BCUT2D eigenvalue weighted by molar-refractivity contribution is 7.07. The van der Waals surface area contributed by atoms with Crippen LogP contribution in [-0.4, -0.2) is 35.5 Å². The number of amides is 1. The van der Waals surface area contributed by atoms with E-state index in [4.69, 9.17) is 4.74 Å². The third-order valence-electron chi connectivity index (χ3n) is 4.43. The third-order valence-corrected chi connectivity index (χ3v) is 5.16. The molecule has 1 N–H and O–H groups in total. The highest BCUT2D eigenvalue weighted by Crippen LogP contribution is 2.31. The second-order valence-electron chi connectivity index (χ2n) is 6.40. The van der Waals surface area contributed by atoms with E-state index in [0.29, 0.717) is 17.7 Å². The summed E-state index contributed by atoms with van der Waals surface area (Å²) in [4.78, 5) is 26.7. The molecule has 6 heteroatoms. The first-order chi connectivity index (χ1) is 13.5. The van der Waals surface area contributed by atoms with Gasteiger partial charge in [-0.3, -0.25) is 4.79 Å². The molecule has 0 aliphatic heterocycles. The van der Waals surface area contributed by atoms with Gasteiger partial charge in [0.2, 0.25) is 5.60 Å². The Bertz CT molecular complexity index is 871. The SMILES string of the molecule is CN(Cc1ccsc1)C(=O)COC(=O)C(O)(c1ccccc1)c1ccccc1. The van der Waals surface area contributed by atoms with Crippen molar-refractivity contribution in [3.63, 3.8) is 0 Å². The molecule has 1 amide bonds. The van der Waals surface area contributed by atoms with Crippen LogP contribution in [0.25, 0.3) is 0 Å². The van der Waals surface area contributed by atoms with E-state index < -0.39 is 18.2 Å². The van der Waals surface area contributed by atoms with E-state index in [1.54, 1.807) is 79.0 Å². The summed E-state index contributed by atoms with van der Waals surface area (Å²) in [6, 6.07) is 19.1. The summed E-state index contributed by atoms with van der Waals surface area (Å²) in [5.74, 6) is -1.23. The van der Waals surface area contributed by atoms with Gasteiger partial charge in [-0.05, 0) is 33.5 Å². The number of hydrogen-bond acceptors (Lipinski definition) is 5. The first-order valence-corrected chi connectivity index (χ1v) is 9.72. The van der Waals surface area contributed by atoms with Crippen molar-refractivity contribution in [1.82, 2.24) is 4.90 Å². The molecular formula is C22H21NO4S. The zero-order valence-corrected chi connectivity index (χ0v) is 16.3. The van der Waals surface area contributed by atoms with Gasteiger partial charge < -0.3 is 14.7 Å². The minimum Gasteiger partial charge on any atom is -0.453 e. The van der Waals surface area contributed by atoms with E-state index in [1.165, 1.54) is 4.90 Å². The monoisotopic (exact) mass is 395 g/mol. The van der Waals surface area contributed by atoms with Crippen LogP contribution in [0.15, 0.2) is 77.5 Å². The number of hydrogen-bond donors (Lipinski definition) is 1. The maximum absolute atomic E-state index is 12.9. The third kappa shape index (κ3) is 4.30. The second-order valence-corrected chi connectivity index (χ2v) is 7.18. The number of rotatable bonds is 7. The lowest BCUT2D eigenvalue weighted by molar-refractivity contribution is -0.166. The molecule has 0 aliphatic rings. The van der Waals surface area contributed by atoms with E-state index >= 15 is 0 Å². The Morgan fingerprint density at radius 3 is 2.07 bits per heavy atom. The molecule has 5 nitrogen and oxygen atoms in total. The van der Waals surface area contributed by atoms with Gasteiger partial charge in [0.05, 0.1) is 0 Å². The van der Waals surface area contributed by atoms with E-state index in [0.717, 1.165) is 5.56 Å². The van der Waals surface area contributed by atoms with Crippen molar-refractivity contribution >= 4 is 23.2 Å². The van der Waals surface area contributed by atoms with Gasteiger partial charge >= 0.3 is 5.97 Å². The molecule has 0 saturated heterocycles. The molecule has 0 aliphatic carbocycles.